The van der Waals surface area contributed by atoms with Crippen LogP contribution >= 0.6 is 11.8 Å². The molecule has 1 amide bonds. The number of carbonyl (C=O) groups excluding carboxylic acids is 1. The van der Waals surface area contributed by atoms with Crippen LogP contribution < -0.4 is 14.8 Å². The van der Waals surface area contributed by atoms with Gasteiger partial charge in [-0.15, -0.1) is 11.8 Å². The van der Waals surface area contributed by atoms with Crippen LogP contribution in [0.1, 0.15) is 28.2 Å². The van der Waals surface area contributed by atoms with Crippen LogP contribution in [-0.2, 0) is 5.75 Å². The molecule has 0 radical (unpaired) electrons. The normalized spacial score (nSPS) is 13.0. The Balaban J connectivity index is 1.48. The third kappa shape index (κ3) is 4.31. The molecule has 0 bridgehead atoms. The van der Waals surface area contributed by atoms with E-state index in [9.17, 15) is 4.79 Å². The fourth-order valence-corrected chi connectivity index (χ4v) is 3.79. The van der Waals surface area contributed by atoms with Gasteiger partial charge in [-0.1, -0.05) is 17.3 Å². The van der Waals surface area contributed by atoms with Gasteiger partial charge in [-0.3, -0.25) is 4.79 Å². The zero-order valence-corrected chi connectivity index (χ0v) is 16.3. The van der Waals surface area contributed by atoms with Crippen molar-refractivity contribution in [1.29, 1.82) is 0 Å². The Morgan fingerprint density at radius 1 is 1.11 bits per heavy atom. The average molecular weight is 396 g/mol. The number of aryl methyl sites for hydroxylation is 1. The Kier molecular flexibility index (Phi) is 5.53. The largest absolute Gasteiger partial charge is 0.490 e. The van der Waals surface area contributed by atoms with Crippen molar-refractivity contribution in [3.05, 3.63) is 65.5 Å². The summed E-state index contributed by atoms with van der Waals surface area (Å²) >= 11 is 1.55. The van der Waals surface area contributed by atoms with Crippen LogP contribution in [0, 0.1) is 6.92 Å². The molecule has 1 aliphatic rings. The molecule has 0 spiro atoms. The fraction of sp³-hybridized carbons (Fsp3) is 0.238. The Hall–Kier alpha value is -2.93. The zero-order valence-electron chi connectivity index (χ0n) is 15.4. The SMILES string of the molecule is Cc1cc(CSc2ccccc2C(=O)Nc2ccc3c(c2)OCCCO3)no1. The molecule has 1 N–H and O–H groups in total. The highest BCUT2D eigenvalue weighted by atomic mass is 32.2. The van der Waals surface area contributed by atoms with E-state index in [2.05, 4.69) is 10.5 Å². The summed E-state index contributed by atoms with van der Waals surface area (Å²) in [4.78, 5) is 13.7. The molecule has 2 aromatic carbocycles. The molecule has 1 aromatic heterocycles. The van der Waals surface area contributed by atoms with Gasteiger partial charge < -0.3 is 19.3 Å². The molecule has 1 aliphatic heterocycles. The third-order valence-electron chi connectivity index (χ3n) is 4.19. The molecule has 2 heterocycles. The number of thioether (sulfide) groups is 1. The lowest BCUT2D eigenvalue weighted by atomic mass is 10.2. The van der Waals surface area contributed by atoms with Crippen LogP contribution in [0.2, 0.25) is 0 Å². The molecule has 28 heavy (non-hydrogen) atoms. The quantitative estimate of drug-likeness (QED) is 0.631. The van der Waals surface area contributed by atoms with Gasteiger partial charge in [-0.25, -0.2) is 0 Å². The summed E-state index contributed by atoms with van der Waals surface area (Å²) in [6.07, 6.45) is 0.839. The molecule has 3 aromatic rings. The van der Waals surface area contributed by atoms with Gasteiger partial charge in [0.05, 0.1) is 24.5 Å². The van der Waals surface area contributed by atoms with Crippen LogP contribution in [0.15, 0.2) is 57.9 Å². The number of fused-ring (bicyclic) bond motifs is 1. The fourth-order valence-electron chi connectivity index (χ4n) is 2.86. The highest BCUT2D eigenvalue weighted by molar-refractivity contribution is 7.98. The van der Waals surface area contributed by atoms with Crippen molar-refractivity contribution in [2.45, 2.75) is 24.0 Å². The lowest BCUT2D eigenvalue weighted by Crippen LogP contribution is -2.13. The van der Waals surface area contributed by atoms with Crippen LogP contribution in [0.5, 0.6) is 11.5 Å². The first kappa shape index (κ1) is 18.4. The zero-order chi connectivity index (χ0) is 19.3. The van der Waals surface area contributed by atoms with Crippen molar-refractivity contribution in [2.24, 2.45) is 0 Å². The van der Waals surface area contributed by atoms with Crippen molar-refractivity contribution in [2.75, 3.05) is 18.5 Å². The number of nitrogens with zero attached hydrogens (tertiary/aromatic N) is 1. The number of aromatic nitrogens is 1. The monoisotopic (exact) mass is 396 g/mol. The van der Waals surface area contributed by atoms with Crippen LogP contribution in [0.3, 0.4) is 0 Å². The standard InChI is InChI=1S/C21H20N2O4S/c1-14-11-16(23-27-14)13-28-20-6-3-2-5-17(20)21(24)22-15-7-8-18-19(12-15)26-10-4-9-25-18/h2-3,5-8,11-12H,4,9-10,13H2,1H3,(H,22,24). The second-order valence-electron chi connectivity index (χ2n) is 6.38. The molecule has 6 nitrogen and oxygen atoms in total. The molecule has 0 unspecified atom stereocenters. The Labute approximate surface area is 167 Å². The Morgan fingerprint density at radius 2 is 1.93 bits per heavy atom. The minimum absolute atomic E-state index is 0.172. The van der Waals surface area contributed by atoms with Gasteiger partial charge in [-0.2, -0.15) is 0 Å². The molecular formula is C21H20N2O4S. The Bertz CT molecular complexity index is 986. The van der Waals surface area contributed by atoms with Gasteiger partial charge >= 0.3 is 0 Å². The van der Waals surface area contributed by atoms with Gasteiger partial charge in [0.2, 0.25) is 0 Å². The van der Waals surface area contributed by atoms with Crippen molar-refractivity contribution in [3.8, 4) is 11.5 Å². The maximum absolute atomic E-state index is 12.9. The molecule has 4 rings (SSSR count). The summed E-state index contributed by atoms with van der Waals surface area (Å²) < 4.78 is 16.4. The molecule has 0 saturated carbocycles. The van der Waals surface area contributed by atoms with Crippen molar-refractivity contribution in [3.63, 3.8) is 0 Å². The van der Waals surface area contributed by atoms with Gasteiger partial charge in [0.1, 0.15) is 5.76 Å². The number of hydrogen-bond donors (Lipinski definition) is 1. The predicted molar refractivity (Wildman–Crippen MR) is 107 cm³/mol. The number of nitrogens with one attached hydrogen (secondary N) is 1. The third-order valence-corrected chi connectivity index (χ3v) is 5.30. The van der Waals surface area contributed by atoms with E-state index >= 15 is 0 Å². The van der Waals surface area contributed by atoms with Gasteiger partial charge in [-0.05, 0) is 31.2 Å². The number of anilines is 1. The van der Waals surface area contributed by atoms with E-state index in [1.54, 1.807) is 17.8 Å². The maximum Gasteiger partial charge on any atom is 0.256 e. The van der Waals surface area contributed by atoms with Gasteiger partial charge in [0.15, 0.2) is 11.5 Å². The van der Waals surface area contributed by atoms with E-state index in [-0.39, 0.29) is 5.91 Å². The smallest absolute Gasteiger partial charge is 0.256 e. The van der Waals surface area contributed by atoms with Crippen LogP contribution in [0.25, 0.3) is 0 Å². The topological polar surface area (TPSA) is 73.6 Å². The molecule has 0 saturated heterocycles. The number of benzene rings is 2. The Morgan fingerprint density at radius 3 is 2.75 bits per heavy atom. The first-order valence-electron chi connectivity index (χ1n) is 9.04. The number of ether oxygens (including phenoxy) is 2. The summed E-state index contributed by atoms with van der Waals surface area (Å²) in [7, 11) is 0. The van der Waals surface area contributed by atoms with Crippen molar-refractivity contribution in [1.82, 2.24) is 5.16 Å². The molecular weight excluding hydrogens is 376 g/mol. The van der Waals surface area contributed by atoms with Crippen molar-refractivity contribution >= 4 is 23.4 Å². The predicted octanol–water partition coefficient (Wildman–Crippen LogP) is 4.69. The first-order valence-corrected chi connectivity index (χ1v) is 10.0. The molecule has 7 heteroatoms. The van der Waals surface area contributed by atoms with Gasteiger partial charge in [0, 0.05) is 34.9 Å². The second-order valence-corrected chi connectivity index (χ2v) is 7.40. The van der Waals surface area contributed by atoms with E-state index in [0.717, 1.165) is 22.8 Å². The number of amides is 1. The summed E-state index contributed by atoms with van der Waals surface area (Å²) in [5.41, 5.74) is 2.13. The minimum atomic E-state index is -0.172. The second kappa shape index (κ2) is 8.39. The number of hydrogen-bond acceptors (Lipinski definition) is 6. The molecule has 0 fully saturated rings. The average Bonchev–Trinajstić information content (AvgIpc) is 2.98. The van der Waals surface area contributed by atoms with Crippen LogP contribution in [0.4, 0.5) is 5.69 Å². The molecule has 0 atom stereocenters. The maximum atomic E-state index is 12.9. The minimum Gasteiger partial charge on any atom is -0.490 e. The molecule has 144 valence electrons. The summed E-state index contributed by atoms with van der Waals surface area (Å²) in [6, 6.07) is 14.9. The summed E-state index contributed by atoms with van der Waals surface area (Å²) in [6.45, 7) is 3.09. The van der Waals surface area contributed by atoms with E-state index in [1.807, 2.05) is 49.4 Å². The lowest BCUT2D eigenvalue weighted by molar-refractivity contribution is 0.102. The number of carbonyl (C=O) groups is 1. The molecule has 0 aliphatic carbocycles. The van der Waals surface area contributed by atoms with E-state index < -0.39 is 0 Å². The summed E-state index contributed by atoms with van der Waals surface area (Å²) in [5.74, 6) is 2.59. The van der Waals surface area contributed by atoms with Crippen molar-refractivity contribution < 1.29 is 18.8 Å². The summed E-state index contributed by atoms with van der Waals surface area (Å²) in [5, 5.41) is 6.95. The van der Waals surface area contributed by atoms with E-state index in [0.29, 0.717) is 41.7 Å². The highest BCUT2D eigenvalue weighted by Crippen LogP contribution is 2.33. The number of rotatable bonds is 5. The first-order chi connectivity index (χ1) is 13.7. The van der Waals surface area contributed by atoms with Gasteiger partial charge in [0.25, 0.3) is 5.91 Å². The van der Waals surface area contributed by atoms with Crippen LogP contribution in [-0.4, -0.2) is 24.3 Å². The lowest BCUT2D eigenvalue weighted by Gasteiger charge is -2.12. The van der Waals surface area contributed by atoms with E-state index in [1.165, 1.54) is 0 Å². The van der Waals surface area contributed by atoms with E-state index in [4.69, 9.17) is 14.0 Å². The highest BCUT2D eigenvalue weighted by Gasteiger charge is 2.15.